The Balaban J connectivity index is 1.67. The van der Waals surface area contributed by atoms with Crippen molar-refractivity contribution in [1.82, 2.24) is 0 Å². The van der Waals surface area contributed by atoms with Gasteiger partial charge in [-0.15, -0.1) is 0 Å². The summed E-state index contributed by atoms with van der Waals surface area (Å²) in [6, 6.07) is 0. The Hall–Kier alpha value is -1.75. The van der Waals surface area contributed by atoms with Gasteiger partial charge in [-0.25, -0.2) is 9.59 Å². The highest BCUT2D eigenvalue weighted by Gasteiger charge is 3.03. The highest BCUT2D eigenvalue weighted by molar-refractivity contribution is 5.94. The van der Waals surface area contributed by atoms with E-state index >= 15 is 0 Å². The molecule has 0 bridgehead atoms. The monoisotopic (exact) mass is 438 g/mol. The maximum atomic E-state index is 13.4. The van der Waals surface area contributed by atoms with Crippen LogP contribution in [0.4, 0.5) is 0 Å². The van der Waals surface area contributed by atoms with Gasteiger partial charge in [0.1, 0.15) is 12.2 Å². The molecule has 2 spiro atoms. The number of rotatable bonds is 3. The van der Waals surface area contributed by atoms with E-state index in [0.717, 1.165) is 12.8 Å². The van der Waals surface area contributed by atoms with Crippen LogP contribution in [0.3, 0.4) is 0 Å². The molecule has 0 amide bonds. The fourth-order valence-electron chi connectivity index (χ4n) is 8.46. The summed E-state index contributed by atoms with van der Waals surface area (Å²) in [6.45, 7) is 5.40. The number of hydrogen-bond donors (Lipinski definition) is 3. The van der Waals surface area contributed by atoms with Gasteiger partial charge in [-0.05, 0) is 25.2 Å². The first-order valence-electron chi connectivity index (χ1n) is 11.0. The zero-order chi connectivity index (χ0) is 22.3. The van der Waals surface area contributed by atoms with Gasteiger partial charge in [0.15, 0.2) is 17.8 Å². The van der Waals surface area contributed by atoms with Crippen LogP contribution in [0.2, 0.25) is 0 Å². The average Bonchev–Trinajstić information content (AvgIpc) is 3.42. The summed E-state index contributed by atoms with van der Waals surface area (Å²) in [5.74, 6) is -4.23. The molecule has 0 aromatic rings. The molecular formula is C21H26O10. The summed E-state index contributed by atoms with van der Waals surface area (Å²) >= 11 is 0. The van der Waals surface area contributed by atoms with Gasteiger partial charge >= 0.3 is 17.9 Å². The van der Waals surface area contributed by atoms with Crippen molar-refractivity contribution in [1.29, 1.82) is 0 Å². The molecule has 170 valence electrons. The summed E-state index contributed by atoms with van der Waals surface area (Å²) in [4.78, 5) is 38.4. The van der Waals surface area contributed by atoms with E-state index in [2.05, 4.69) is 0 Å². The molecule has 7 unspecified atom stereocenters. The first-order chi connectivity index (χ1) is 14.6. The van der Waals surface area contributed by atoms with Crippen LogP contribution in [0.1, 0.15) is 40.0 Å². The van der Waals surface area contributed by atoms with Gasteiger partial charge in [0.25, 0.3) is 0 Å². The highest BCUT2D eigenvalue weighted by atomic mass is 16.8. The number of carbonyl (C=O) groups excluding carboxylic acids is 3. The maximum Gasteiger partial charge on any atom is 0.343 e. The summed E-state index contributed by atoms with van der Waals surface area (Å²) in [5.41, 5.74) is -7.66. The van der Waals surface area contributed by atoms with Crippen LogP contribution in [0.5, 0.6) is 0 Å². The first-order valence-corrected chi connectivity index (χ1v) is 11.0. The first kappa shape index (κ1) is 19.9. The minimum atomic E-state index is -2.23. The van der Waals surface area contributed by atoms with Crippen LogP contribution in [0.15, 0.2) is 0 Å². The smallest absolute Gasteiger partial charge is 0.343 e. The van der Waals surface area contributed by atoms with E-state index in [0.29, 0.717) is 0 Å². The molecule has 10 nitrogen and oxygen atoms in total. The van der Waals surface area contributed by atoms with Crippen LogP contribution >= 0.6 is 0 Å². The molecule has 0 aromatic carbocycles. The molecule has 6 aliphatic rings. The number of aliphatic hydroxyl groups excluding tert-OH is 2. The lowest BCUT2D eigenvalue weighted by Gasteiger charge is -2.45. The molecule has 0 radical (unpaired) electrons. The summed E-state index contributed by atoms with van der Waals surface area (Å²) in [7, 11) is 0. The van der Waals surface area contributed by atoms with Crippen LogP contribution in [-0.2, 0) is 33.3 Å². The predicted molar refractivity (Wildman–Crippen MR) is 96.6 cm³/mol. The molecule has 2 saturated carbocycles. The normalized spacial score (nSPS) is 59.0. The SMILES string of the molecule is CCCC(C)[C@@H]1CC2OC(=O)C34OC5OC(=O)[C@H](O)C51C23[C@@H](O)C1OC(=O)[C@@H](C)[C@@]14O. The van der Waals surface area contributed by atoms with Crippen LogP contribution in [0.25, 0.3) is 0 Å². The van der Waals surface area contributed by atoms with Crippen molar-refractivity contribution in [3.63, 3.8) is 0 Å². The molecule has 31 heavy (non-hydrogen) atoms. The molecule has 4 saturated heterocycles. The lowest BCUT2D eigenvalue weighted by molar-refractivity contribution is -0.239. The van der Waals surface area contributed by atoms with E-state index in [-0.39, 0.29) is 12.3 Å². The van der Waals surface area contributed by atoms with Crippen molar-refractivity contribution in [2.75, 3.05) is 0 Å². The topological polar surface area (TPSA) is 149 Å². The average molecular weight is 438 g/mol. The van der Waals surface area contributed by atoms with Gasteiger partial charge in [0, 0.05) is 0 Å². The third kappa shape index (κ3) is 1.52. The number of fused-ring (bicyclic) bond motifs is 1. The van der Waals surface area contributed by atoms with Gasteiger partial charge in [0.05, 0.1) is 16.7 Å². The molecular weight excluding hydrogens is 412 g/mol. The minimum Gasteiger partial charge on any atom is -0.459 e. The Morgan fingerprint density at radius 1 is 1.13 bits per heavy atom. The second-order valence-corrected chi connectivity index (χ2v) is 10.1. The van der Waals surface area contributed by atoms with Gasteiger partial charge in [0.2, 0.25) is 11.9 Å². The van der Waals surface area contributed by atoms with E-state index in [1.807, 2.05) is 13.8 Å². The number of aliphatic hydroxyl groups is 3. The molecule has 2 aliphatic carbocycles. The zero-order valence-electron chi connectivity index (χ0n) is 17.4. The standard InChI is InChI=1S/C21H26O10/c1-4-5-7(2)9-6-10-19-11(22)13-20(27,8(3)14(24)29-13)21(19,16(26)28-10)31-17-18(9,19)12(23)15(25)30-17/h7-13,17,22-23,27H,4-6H2,1-3H3/t7?,8-,9+,10?,11+,12+,13?,17?,18?,19?,20-,21?/m1/s1. The molecule has 10 heteroatoms. The minimum absolute atomic E-state index is 0.0306. The zero-order valence-corrected chi connectivity index (χ0v) is 17.4. The second kappa shape index (κ2) is 5.41. The van der Waals surface area contributed by atoms with Crippen LogP contribution in [-0.4, -0.2) is 75.1 Å². The maximum absolute atomic E-state index is 13.4. The van der Waals surface area contributed by atoms with Crippen molar-refractivity contribution in [2.24, 2.45) is 28.6 Å². The van der Waals surface area contributed by atoms with E-state index < -0.39 is 82.5 Å². The third-order valence-corrected chi connectivity index (χ3v) is 9.44. The fraction of sp³-hybridized carbons (Fsp3) is 0.857. The largest absolute Gasteiger partial charge is 0.459 e. The van der Waals surface area contributed by atoms with E-state index in [1.54, 1.807) is 0 Å². The Kier molecular flexibility index (Phi) is 3.47. The number of esters is 3. The molecule has 0 aromatic heterocycles. The van der Waals surface area contributed by atoms with Gasteiger partial charge < -0.3 is 34.3 Å². The molecule has 4 aliphatic heterocycles. The van der Waals surface area contributed by atoms with E-state index in [4.69, 9.17) is 18.9 Å². The lowest BCUT2D eigenvalue weighted by atomic mass is 9.52. The molecule has 12 atom stereocenters. The van der Waals surface area contributed by atoms with E-state index in [9.17, 15) is 29.7 Å². The third-order valence-electron chi connectivity index (χ3n) is 9.44. The van der Waals surface area contributed by atoms with Gasteiger partial charge in [-0.3, -0.25) is 4.79 Å². The Labute approximate surface area is 177 Å². The molecule has 6 rings (SSSR count). The number of ether oxygens (including phenoxy) is 4. The second-order valence-electron chi connectivity index (χ2n) is 10.1. The van der Waals surface area contributed by atoms with Crippen LogP contribution < -0.4 is 0 Å². The Bertz CT molecular complexity index is 920. The van der Waals surface area contributed by atoms with Crippen molar-refractivity contribution in [2.45, 2.75) is 81.9 Å². The summed E-state index contributed by atoms with van der Waals surface area (Å²) < 4.78 is 22.6. The highest BCUT2D eigenvalue weighted by Crippen LogP contribution is 2.83. The summed E-state index contributed by atoms with van der Waals surface area (Å²) in [5, 5.41) is 34.8. The van der Waals surface area contributed by atoms with E-state index in [1.165, 1.54) is 6.92 Å². The summed E-state index contributed by atoms with van der Waals surface area (Å²) in [6.07, 6.45) is -5.16. The van der Waals surface area contributed by atoms with Crippen molar-refractivity contribution in [3.05, 3.63) is 0 Å². The predicted octanol–water partition coefficient (Wildman–Crippen LogP) is -0.979. The number of hydrogen-bond acceptors (Lipinski definition) is 10. The molecule has 4 heterocycles. The Morgan fingerprint density at radius 3 is 2.52 bits per heavy atom. The lowest BCUT2D eigenvalue weighted by Crippen LogP contribution is -2.67. The number of carbonyl (C=O) groups is 3. The molecule has 6 fully saturated rings. The van der Waals surface area contributed by atoms with Crippen molar-refractivity contribution < 1.29 is 48.7 Å². The fourth-order valence-corrected chi connectivity index (χ4v) is 8.46. The molecule has 3 N–H and O–H groups in total. The van der Waals surface area contributed by atoms with Crippen molar-refractivity contribution >= 4 is 17.9 Å². The Morgan fingerprint density at radius 2 is 1.84 bits per heavy atom. The van der Waals surface area contributed by atoms with Gasteiger partial charge in [-0.1, -0.05) is 26.7 Å². The van der Waals surface area contributed by atoms with Gasteiger partial charge in [-0.2, -0.15) is 0 Å². The van der Waals surface area contributed by atoms with Crippen LogP contribution in [0, 0.1) is 28.6 Å². The quantitative estimate of drug-likeness (QED) is 0.371. The van der Waals surface area contributed by atoms with Crippen molar-refractivity contribution in [3.8, 4) is 0 Å².